The second kappa shape index (κ2) is 6.66. The van der Waals surface area contributed by atoms with E-state index >= 15 is 0 Å². The van der Waals surface area contributed by atoms with Gasteiger partial charge in [0.05, 0.1) is 11.2 Å². The van der Waals surface area contributed by atoms with Gasteiger partial charge in [-0.05, 0) is 24.6 Å². The molecule has 6 nitrogen and oxygen atoms in total. The normalized spacial score (nSPS) is 11.7. The summed E-state index contributed by atoms with van der Waals surface area (Å²) in [7, 11) is 0. The van der Waals surface area contributed by atoms with Crippen LogP contribution in [-0.2, 0) is 12.3 Å². The number of thioether (sulfide) groups is 1. The molecule has 0 saturated heterocycles. The highest BCUT2D eigenvalue weighted by atomic mass is 32.2. The van der Waals surface area contributed by atoms with Crippen molar-refractivity contribution in [1.29, 1.82) is 0 Å². The van der Waals surface area contributed by atoms with Crippen LogP contribution in [0.4, 0.5) is 0 Å². The number of aryl methyl sites for hydroxylation is 1. The first-order chi connectivity index (χ1) is 13.3. The quantitative estimate of drug-likeness (QED) is 0.429. The number of para-hydroxylation sites is 1. The van der Waals surface area contributed by atoms with Gasteiger partial charge >= 0.3 is 0 Å². The second-order valence-corrected chi connectivity index (χ2v) is 7.36. The van der Waals surface area contributed by atoms with Crippen molar-refractivity contribution in [2.75, 3.05) is 0 Å². The number of hydrogen-bond acceptors (Lipinski definition) is 5. The van der Waals surface area contributed by atoms with Gasteiger partial charge in [-0.3, -0.25) is 0 Å². The predicted octanol–water partition coefficient (Wildman–Crippen LogP) is 4.33. The Morgan fingerprint density at radius 3 is 2.78 bits per heavy atom. The lowest BCUT2D eigenvalue weighted by Crippen LogP contribution is -2.00. The molecule has 0 bridgehead atoms. The highest BCUT2D eigenvalue weighted by Gasteiger charge is 2.14. The number of fused-ring (bicyclic) bond motifs is 4. The molecule has 27 heavy (non-hydrogen) atoms. The third kappa shape index (κ3) is 2.84. The van der Waals surface area contributed by atoms with Crippen LogP contribution in [0.15, 0.2) is 60.0 Å². The van der Waals surface area contributed by atoms with E-state index in [9.17, 15) is 0 Å². The van der Waals surface area contributed by atoms with Crippen molar-refractivity contribution < 1.29 is 0 Å². The fourth-order valence-corrected chi connectivity index (χ4v) is 4.06. The molecule has 0 N–H and O–H groups in total. The lowest BCUT2D eigenvalue weighted by Gasteiger charge is -2.04. The van der Waals surface area contributed by atoms with Crippen LogP contribution < -0.4 is 0 Å². The molecule has 0 spiro atoms. The molecular weight excluding hydrogens is 356 g/mol. The van der Waals surface area contributed by atoms with Gasteiger partial charge in [-0.15, -0.1) is 10.2 Å². The van der Waals surface area contributed by atoms with Crippen molar-refractivity contribution in [2.45, 2.75) is 30.8 Å². The van der Waals surface area contributed by atoms with Crippen LogP contribution >= 0.6 is 11.8 Å². The zero-order chi connectivity index (χ0) is 18.2. The van der Waals surface area contributed by atoms with E-state index < -0.39 is 0 Å². The first kappa shape index (κ1) is 16.3. The zero-order valence-electron chi connectivity index (χ0n) is 14.9. The van der Waals surface area contributed by atoms with Crippen molar-refractivity contribution in [3.63, 3.8) is 0 Å². The third-order valence-electron chi connectivity index (χ3n) is 4.56. The Hall–Kier alpha value is -2.93. The Balaban J connectivity index is 1.50. The van der Waals surface area contributed by atoms with Gasteiger partial charge in [-0.2, -0.15) is 0 Å². The minimum Gasteiger partial charge on any atom is -0.324 e. The summed E-state index contributed by atoms with van der Waals surface area (Å²) in [5, 5.41) is 10.6. The number of imidazole rings is 1. The standard InChI is InChI=1S/C20H18N6S/c1-2-10-26-16-8-4-3-7-15(16)18-19(26)22-20(24-23-18)27-13-14-12-25-11-6-5-9-17(25)21-14/h3-9,11-12H,2,10,13H2,1H3. The average Bonchev–Trinajstić information content (AvgIpc) is 3.26. The van der Waals surface area contributed by atoms with Crippen LogP contribution in [0.2, 0.25) is 0 Å². The highest BCUT2D eigenvalue weighted by molar-refractivity contribution is 7.98. The Kier molecular flexibility index (Phi) is 4.01. The topological polar surface area (TPSA) is 60.9 Å². The molecule has 0 amide bonds. The number of nitrogens with zero attached hydrogens (tertiary/aromatic N) is 6. The second-order valence-electron chi connectivity index (χ2n) is 6.42. The number of aromatic nitrogens is 6. The maximum absolute atomic E-state index is 4.82. The smallest absolute Gasteiger partial charge is 0.211 e. The first-order valence-corrected chi connectivity index (χ1v) is 9.99. The predicted molar refractivity (Wildman–Crippen MR) is 108 cm³/mol. The van der Waals surface area contributed by atoms with E-state index in [0.29, 0.717) is 10.9 Å². The zero-order valence-corrected chi connectivity index (χ0v) is 15.7. The van der Waals surface area contributed by atoms with Gasteiger partial charge in [0.25, 0.3) is 0 Å². The van der Waals surface area contributed by atoms with Crippen LogP contribution in [0.5, 0.6) is 0 Å². The molecule has 7 heteroatoms. The Labute approximate surface area is 160 Å². The van der Waals surface area contributed by atoms with Crippen LogP contribution in [0.1, 0.15) is 19.0 Å². The molecule has 0 unspecified atom stereocenters. The minimum absolute atomic E-state index is 0.680. The molecule has 134 valence electrons. The number of pyridine rings is 1. The molecule has 0 radical (unpaired) electrons. The number of hydrogen-bond donors (Lipinski definition) is 0. The minimum atomic E-state index is 0.680. The van der Waals surface area contributed by atoms with Gasteiger partial charge in [0, 0.05) is 30.1 Å². The van der Waals surface area contributed by atoms with E-state index in [4.69, 9.17) is 4.98 Å². The van der Waals surface area contributed by atoms with Crippen LogP contribution in [0.25, 0.3) is 27.7 Å². The SMILES string of the molecule is CCCn1c2ccccc2c2nnc(SCc3cn4ccccc4n3)nc21. The van der Waals surface area contributed by atoms with E-state index in [-0.39, 0.29) is 0 Å². The molecule has 0 aliphatic rings. The van der Waals surface area contributed by atoms with Crippen molar-refractivity contribution in [1.82, 2.24) is 29.1 Å². The molecule has 1 aromatic carbocycles. The van der Waals surface area contributed by atoms with Crippen molar-refractivity contribution in [3.8, 4) is 0 Å². The highest BCUT2D eigenvalue weighted by Crippen LogP contribution is 2.28. The fraction of sp³-hybridized carbons (Fsp3) is 0.200. The molecule has 0 aliphatic heterocycles. The Bertz CT molecular complexity index is 1220. The third-order valence-corrected chi connectivity index (χ3v) is 5.44. The fourth-order valence-electron chi connectivity index (χ4n) is 3.40. The van der Waals surface area contributed by atoms with E-state index in [1.54, 1.807) is 11.8 Å². The summed E-state index contributed by atoms with van der Waals surface area (Å²) >= 11 is 1.57. The van der Waals surface area contributed by atoms with Gasteiger partial charge in [0.2, 0.25) is 5.16 Å². The average molecular weight is 374 g/mol. The number of rotatable bonds is 5. The molecule has 0 atom stereocenters. The maximum atomic E-state index is 4.82. The summed E-state index contributed by atoms with van der Waals surface area (Å²) in [5.41, 5.74) is 4.90. The van der Waals surface area contributed by atoms with Crippen molar-refractivity contribution in [3.05, 3.63) is 60.6 Å². The summed E-state index contributed by atoms with van der Waals surface area (Å²) in [6, 6.07) is 14.3. The number of benzene rings is 1. The monoisotopic (exact) mass is 374 g/mol. The van der Waals surface area contributed by atoms with E-state index in [2.05, 4.69) is 44.9 Å². The summed E-state index contributed by atoms with van der Waals surface area (Å²) in [5.74, 6) is 0.711. The molecule has 5 rings (SSSR count). The largest absolute Gasteiger partial charge is 0.324 e. The summed E-state index contributed by atoms with van der Waals surface area (Å²) in [4.78, 5) is 9.45. The summed E-state index contributed by atoms with van der Waals surface area (Å²) in [6.07, 6.45) is 5.09. The molecule has 0 aliphatic carbocycles. The first-order valence-electron chi connectivity index (χ1n) is 9.00. The summed E-state index contributed by atoms with van der Waals surface area (Å²) < 4.78 is 4.27. The van der Waals surface area contributed by atoms with Gasteiger partial charge in [-0.1, -0.05) is 43.0 Å². The van der Waals surface area contributed by atoms with Crippen LogP contribution in [0.3, 0.4) is 0 Å². The van der Waals surface area contributed by atoms with E-state index in [1.807, 2.05) is 41.1 Å². The summed E-state index contributed by atoms with van der Waals surface area (Å²) in [6.45, 7) is 3.09. The van der Waals surface area contributed by atoms with E-state index in [0.717, 1.165) is 40.9 Å². The van der Waals surface area contributed by atoms with Crippen LogP contribution in [0, 0.1) is 0 Å². The lowest BCUT2D eigenvalue weighted by molar-refractivity contribution is 0.709. The Morgan fingerprint density at radius 2 is 1.89 bits per heavy atom. The Morgan fingerprint density at radius 1 is 1.00 bits per heavy atom. The van der Waals surface area contributed by atoms with Crippen LogP contribution in [-0.4, -0.2) is 29.1 Å². The van der Waals surface area contributed by atoms with Gasteiger partial charge < -0.3 is 8.97 Å². The van der Waals surface area contributed by atoms with Crippen molar-refractivity contribution >= 4 is 39.5 Å². The molecule has 5 aromatic rings. The molecule has 0 fully saturated rings. The van der Waals surface area contributed by atoms with E-state index in [1.165, 1.54) is 5.52 Å². The molecule has 0 saturated carbocycles. The van der Waals surface area contributed by atoms with Gasteiger partial charge in [0.15, 0.2) is 5.65 Å². The lowest BCUT2D eigenvalue weighted by atomic mass is 10.2. The maximum Gasteiger partial charge on any atom is 0.211 e. The molecule has 4 aromatic heterocycles. The van der Waals surface area contributed by atoms with Gasteiger partial charge in [0.1, 0.15) is 11.2 Å². The van der Waals surface area contributed by atoms with Gasteiger partial charge in [-0.25, -0.2) is 9.97 Å². The molecular formula is C20H18N6S. The van der Waals surface area contributed by atoms with Crippen molar-refractivity contribution in [2.24, 2.45) is 0 Å². The molecule has 4 heterocycles.